The molecule has 0 bridgehead atoms. The Morgan fingerprint density at radius 3 is 2.62 bits per heavy atom. The molecule has 0 aromatic carbocycles. The molecule has 1 fully saturated rings. The van der Waals surface area contributed by atoms with Gasteiger partial charge in [0.2, 0.25) is 5.91 Å². The minimum absolute atomic E-state index is 0. The van der Waals surface area contributed by atoms with Gasteiger partial charge in [0.1, 0.15) is 5.82 Å². The number of carbonyl (C=O) groups excluding carboxylic acids is 1. The van der Waals surface area contributed by atoms with E-state index in [0.29, 0.717) is 19.6 Å². The average Bonchev–Trinajstić information content (AvgIpc) is 2.54. The predicted molar refractivity (Wildman–Crippen MR) is 115 cm³/mol. The normalized spacial score (nSPS) is 17.2. The summed E-state index contributed by atoms with van der Waals surface area (Å²) in [4.78, 5) is 29.1. The van der Waals surface area contributed by atoms with Crippen LogP contribution in [-0.4, -0.2) is 76.4 Å². The van der Waals surface area contributed by atoms with Gasteiger partial charge in [-0.25, -0.2) is 4.98 Å². The number of nitrogens with zero attached hydrogens (tertiary/aromatic N) is 5. The van der Waals surface area contributed by atoms with Gasteiger partial charge >= 0.3 is 0 Å². The number of halogens is 1. The van der Waals surface area contributed by atoms with Crippen LogP contribution in [-0.2, 0) is 4.79 Å². The van der Waals surface area contributed by atoms with E-state index in [2.05, 4.69) is 53.3 Å². The molecule has 0 unspecified atom stereocenters. The number of piperazine rings is 1. The number of anilines is 1. The van der Waals surface area contributed by atoms with Gasteiger partial charge in [0, 0.05) is 45.1 Å². The first-order chi connectivity index (χ1) is 11.8. The van der Waals surface area contributed by atoms with Gasteiger partial charge in [-0.1, -0.05) is 0 Å². The third-order valence-corrected chi connectivity index (χ3v) is 4.13. The lowest BCUT2D eigenvalue weighted by molar-refractivity contribution is -0.145. The summed E-state index contributed by atoms with van der Waals surface area (Å²) in [5.41, 5.74) is -0.237. The maximum atomic E-state index is 12.6. The van der Waals surface area contributed by atoms with Crippen LogP contribution >= 0.6 is 24.0 Å². The van der Waals surface area contributed by atoms with E-state index in [0.717, 1.165) is 18.3 Å². The fraction of sp³-hybridized carbons (Fsp3) is 0.647. The van der Waals surface area contributed by atoms with Crippen molar-refractivity contribution in [1.29, 1.82) is 0 Å². The van der Waals surface area contributed by atoms with Crippen molar-refractivity contribution in [3.05, 3.63) is 18.6 Å². The standard InChI is InChI=1S/C17H29N7O.HI/c1-13(2)24-15(25)11-23(12-17(24,3)4)16(18-5)22-9-8-21-14-10-19-6-7-20-14;/h6-7,10,13H,8-9,11-12H2,1-5H3,(H,18,22)(H,20,21);1H. The second kappa shape index (κ2) is 9.89. The Morgan fingerprint density at radius 2 is 2.08 bits per heavy atom. The number of amides is 1. The van der Waals surface area contributed by atoms with E-state index in [1.54, 1.807) is 25.6 Å². The van der Waals surface area contributed by atoms with Crippen molar-refractivity contribution in [2.75, 3.05) is 38.5 Å². The van der Waals surface area contributed by atoms with Crippen LogP contribution in [0.2, 0.25) is 0 Å². The lowest BCUT2D eigenvalue weighted by Gasteiger charge is -2.49. The molecule has 1 amide bonds. The van der Waals surface area contributed by atoms with Crippen molar-refractivity contribution in [3.63, 3.8) is 0 Å². The number of aromatic nitrogens is 2. The zero-order chi connectivity index (χ0) is 18.4. The van der Waals surface area contributed by atoms with Crippen molar-refractivity contribution in [3.8, 4) is 0 Å². The van der Waals surface area contributed by atoms with Gasteiger partial charge in [-0.2, -0.15) is 0 Å². The van der Waals surface area contributed by atoms with Crippen LogP contribution in [0.1, 0.15) is 27.7 Å². The van der Waals surface area contributed by atoms with Crippen molar-refractivity contribution in [1.82, 2.24) is 25.1 Å². The number of hydrogen-bond donors (Lipinski definition) is 2. The lowest BCUT2D eigenvalue weighted by atomic mass is 9.96. The highest BCUT2D eigenvalue weighted by Crippen LogP contribution is 2.24. The average molecular weight is 475 g/mol. The van der Waals surface area contributed by atoms with Gasteiger partial charge in [-0.15, -0.1) is 24.0 Å². The minimum atomic E-state index is -0.237. The zero-order valence-electron chi connectivity index (χ0n) is 16.2. The first-order valence-electron chi connectivity index (χ1n) is 8.63. The molecule has 1 aromatic heterocycles. The van der Waals surface area contributed by atoms with Crippen LogP contribution < -0.4 is 10.6 Å². The van der Waals surface area contributed by atoms with E-state index in [-0.39, 0.29) is 41.5 Å². The SMILES string of the molecule is CN=C(NCCNc1cnccn1)N1CC(=O)N(C(C)C)C(C)(C)C1.I. The molecular weight excluding hydrogens is 445 g/mol. The molecule has 2 heterocycles. The molecule has 26 heavy (non-hydrogen) atoms. The predicted octanol–water partition coefficient (Wildman–Crippen LogP) is 1.41. The van der Waals surface area contributed by atoms with Gasteiger partial charge in [-0.05, 0) is 27.7 Å². The molecule has 9 heteroatoms. The number of aliphatic imine (C=N–C) groups is 1. The summed E-state index contributed by atoms with van der Waals surface area (Å²) in [6.45, 7) is 10.7. The monoisotopic (exact) mass is 475 g/mol. The van der Waals surface area contributed by atoms with Crippen molar-refractivity contribution in [2.24, 2.45) is 4.99 Å². The highest BCUT2D eigenvalue weighted by molar-refractivity contribution is 14.0. The zero-order valence-corrected chi connectivity index (χ0v) is 18.5. The van der Waals surface area contributed by atoms with Crippen LogP contribution in [0, 0.1) is 0 Å². The molecule has 0 spiro atoms. The number of hydrogen-bond acceptors (Lipinski definition) is 5. The molecule has 1 aliphatic rings. The van der Waals surface area contributed by atoms with Crippen LogP contribution in [0.5, 0.6) is 0 Å². The van der Waals surface area contributed by atoms with Gasteiger partial charge in [0.25, 0.3) is 0 Å². The molecule has 2 N–H and O–H groups in total. The Hall–Kier alpha value is -1.65. The van der Waals surface area contributed by atoms with Crippen LogP contribution in [0.25, 0.3) is 0 Å². The molecule has 0 atom stereocenters. The van der Waals surface area contributed by atoms with Gasteiger partial charge in [0.15, 0.2) is 5.96 Å². The van der Waals surface area contributed by atoms with E-state index in [1.807, 2.05) is 9.80 Å². The molecule has 1 aromatic rings. The summed E-state index contributed by atoms with van der Waals surface area (Å²) in [7, 11) is 1.74. The van der Waals surface area contributed by atoms with Crippen molar-refractivity contribution < 1.29 is 4.79 Å². The highest BCUT2D eigenvalue weighted by Gasteiger charge is 2.40. The molecule has 0 radical (unpaired) electrons. The Balaban J connectivity index is 0.00000338. The summed E-state index contributed by atoms with van der Waals surface area (Å²) in [6.07, 6.45) is 4.97. The summed E-state index contributed by atoms with van der Waals surface area (Å²) in [6, 6.07) is 0.191. The summed E-state index contributed by atoms with van der Waals surface area (Å²) in [5, 5.41) is 6.50. The van der Waals surface area contributed by atoms with E-state index in [1.165, 1.54) is 0 Å². The summed E-state index contributed by atoms with van der Waals surface area (Å²) >= 11 is 0. The number of carbonyl (C=O) groups is 1. The van der Waals surface area contributed by atoms with E-state index >= 15 is 0 Å². The molecule has 146 valence electrons. The maximum Gasteiger partial charge on any atom is 0.242 e. The number of rotatable bonds is 5. The minimum Gasteiger partial charge on any atom is -0.367 e. The first-order valence-corrected chi connectivity index (χ1v) is 8.63. The van der Waals surface area contributed by atoms with Crippen LogP contribution in [0.4, 0.5) is 5.82 Å². The Bertz CT molecular complexity index is 606. The Labute approximate surface area is 172 Å². The lowest BCUT2D eigenvalue weighted by Crippen LogP contribution is -2.66. The second-order valence-corrected chi connectivity index (χ2v) is 7.02. The molecular formula is C17H30IN7O. The second-order valence-electron chi connectivity index (χ2n) is 7.02. The topological polar surface area (TPSA) is 85.7 Å². The van der Waals surface area contributed by atoms with Crippen molar-refractivity contribution >= 4 is 41.7 Å². The first kappa shape index (κ1) is 22.4. The molecule has 1 aliphatic heterocycles. The molecule has 8 nitrogen and oxygen atoms in total. The van der Waals surface area contributed by atoms with E-state index in [4.69, 9.17) is 0 Å². The van der Waals surface area contributed by atoms with E-state index in [9.17, 15) is 4.79 Å². The molecule has 0 aliphatic carbocycles. The summed E-state index contributed by atoms with van der Waals surface area (Å²) in [5.74, 6) is 1.61. The third kappa shape index (κ3) is 5.68. The molecule has 2 rings (SSSR count). The van der Waals surface area contributed by atoms with Crippen LogP contribution in [0.3, 0.4) is 0 Å². The fourth-order valence-electron chi connectivity index (χ4n) is 3.40. The molecule has 0 saturated carbocycles. The third-order valence-electron chi connectivity index (χ3n) is 4.13. The summed E-state index contributed by atoms with van der Waals surface area (Å²) < 4.78 is 0. The van der Waals surface area contributed by atoms with Gasteiger partial charge in [-0.3, -0.25) is 14.8 Å². The molecule has 1 saturated heterocycles. The quantitative estimate of drug-likeness (QED) is 0.290. The van der Waals surface area contributed by atoms with Crippen LogP contribution in [0.15, 0.2) is 23.6 Å². The smallest absolute Gasteiger partial charge is 0.242 e. The number of guanidine groups is 1. The Kier molecular flexibility index (Phi) is 8.51. The van der Waals surface area contributed by atoms with E-state index < -0.39 is 0 Å². The van der Waals surface area contributed by atoms with Crippen molar-refractivity contribution in [2.45, 2.75) is 39.3 Å². The highest BCUT2D eigenvalue weighted by atomic mass is 127. The Morgan fingerprint density at radius 1 is 1.35 bits per heavy atom. The largest absolute Gasteiger partial charge is 0.367 e. The maximum absolute atomic E-state index is 12.6. The fourth-order valence-corrected chi connectivity index (χ4v) is 3.40. The number of nitrogens with one attached hydrogen (secondary N) is 2. The van der Waals surface area contributed by atoms with Gasteiger partial charge < -0.3 is 20.4 Å². The van der Waals surface area contributed by atoms with Gasteiger partial charge in [0.05, 0.1) is 18.3 Å².